The second-order valence-electron chi connectivity index (χ2n) is 4.75. The summed E-state index contributed by atoms with van der Waals surface area (Å²) in [5.74, 6) is 0.904. The van der Waals surface area contributed by atoms with E-state index >= 15 is 0 Å². The fraction of sp³-hybridized carbons (Fsp3) is 0.667. The van der Waals surface area contributed by atoms with E-state index in [1.165, 1.54) is 24.1 Å². The molecule has 4 nitrogen and oxygen atoms in total. The highest BCUT2D eigenvalue weighted by Gasteiger charge is 2.31. The number of nitrogens with two attached hydrogens (primary N) is 1. The molecule has 0 aromatic carbocycles. The molecule has 0 amide bonds. The van der Waals surface area contributed by atoms with Crippen molar-refractivity contribution in [2.24, 2.45) is 5.73 Å². The van der Waals surface area contributed by atoms with E-state index in [1.807, 2.05) is 6.20 Å². The number of hydrogen-bond acceptors (Lipinski definition) is 4. The molecular weight excluding hydrogens is 200 g/mol. The number of fused-ring (bicyclic) bond motifs is 1. The lowest BCUT2D eigenvalue weighted by molar-refractivity contribution is 0.241. The molecule has 0 saturated heterocycles. The second kappa shape index (κ2) is 4.11. The lowest BCUT2D eigenvalue weighted by Gasteiger charge is -2.27. The Hall–Kier alpha value is -1.00. The van der Waals surface area contributed by atoms with E-state index in [-0.39, 0.29) is 0 Å². The molecule has 0 unspecified atom stereocenters. The van der Waals surface area contributed by atoms with Crippen molar-refractivity contribution in [2.75, 3.05) is 13.1 Å². The van der Waals surface area contributed by atoms with Crippen LogP contribution in [0.1, 0.15) is 29.9 Å². The van der Waals surface area contributed by atoms with Crippen molar-refractivity contribution in [3.05, 3.63) is 23.3 Å². The van der Waals surface area contributed by atoms with E-state index in [0.29, 0.717) is 6.54 Å². The van der Waals surface area contributed by atoms with Crippen LogP contribution in [0.25, 0.3) is 0 Å². The standard InChI is InChI=1S/C12H18N4/c13-5-3-12-14-7-9-8-16(10-1-2-10)6-4-11(9)15-12/h7,10H,1-6,8,13H2. The summed E-state index contributed by atoms with van der Waals surface area (Å²) in [6.07, 6.45) is 6.62. The first-order valence-corrected chi connectivity index (χ1v) is 6.14. The highest BCUT2D eigenvalue weighted by atomic mass is 15.2. The molecule has 0 bridgehead atoms. The molecule has 2 N–H and O–H groups in total. The van der Waals surface area contributed by atoms with Crippen LogP contribution in [0.15, 0.2) is 6.20 Å². The van der Waals surface area contributed by atoms with Crippen molar-refractivity contribution in [3.8, 4) is 0 Å². The molecule has 4 heteroatoms. The summed E-state index contributed by atoms with van der Waals surface area (Å²) in [6, 6.07) is 0.844. The topological polar surface area (TPSA) is 55.0 Å². The van der Waals surface area contributed by atoms with Crippen LogP contribution in [0.4, 0.5) is 0 Å². The van der Waals surface area contributed by atoms with Gasteiger partial charge in [-0.1, -0.05) is 0 Å². The molecule has 1 aliphatic carbocycles. The molecule has 0 atom stereocenters. The van der Waals surface area contributed by atoms with Gasteiger partial charge in [-0.05, 0) is 19.4 Å². The van der Waals surface area contributed by atoms with Crippen molar-refractivity contribution in [3.63, 3.8) is 0 Å². The van der Waals surface area contributed by atoms with Crippen molar-refractivity contribution >= 4 is 0 Å². The summed E-state index contributed by atoms with van der Waals surface area (Å²) < 4.78 is 0. The predicted molar refractivity (Wildman–Crippen MR) is 61.9 cm³/mol. The molecule has 1 aromatic heterocycles. The zero-order valence-corrected chi connectivity index (χ0v) is 9.52. The minimum atomic E-state index is 0.632. The molecule has 1 saturated carbocycles. The van der Waals surface area contributed by atoms with Crippen LogP contribution in [-0.4, -0.2) is 34.0 Å². The molecular formula is C12H18N4. The molecule has 1 aromatic rings. The third-order valence-electron chi connectivity index (χ3n) is 3.44. The van der Waals surface area contributed by atoms with E-state index in [1.54, 1.807) is 0 Å². The summed E-state index contributed by atoms with van der Waals surface area (Å²) in [4.78, 5) is 11.5. The summed E-state index contributed by atoms with van der Waals surface area (Å²) in [7, 11) is 0. The third kappa shape index (κ3) is 1.95. The Morgan fingerprint density at radius 1 is 1.44 bits per heavy atom. The van der Waals surface area contributed by atoms with Crippen LogP contribution in [0.5, 0.6) is 0 Å². The third-order valence-corrected chi connectivity index (χ3v) is 3.44. The Bertz CT molecular complexity index is 387. The number of hydrogen-bond donors (Lipinski definition) is 1. The molecule has 86 valence electrons. The largest absolute Gasteiger partial charge is 0.330 e. The molecule has 0 radical (unpaired) electrons. The Balaban J connectivity index is 1.78. The molecule has 2 heterocycles. The normalized spacial score (nSPS) is 20.8. The minimum Gasteiger partial charge on any atom is -0.330 e. The van der Waals surface area contributed by atoms with Gasteiger partial charge in [-0.2, -0.15) is 0 Å². The van der Waals surface area contributed by atoms with Gasteiger partial charge in [0, 0.05) is 49.4 Å². The van der Waals surface area contributed by atoms with E-state index in [0.717, 1.165) is 37.8 Å². The van der Waals surface area contributed by atoms with Crippen LogP contribution in [0.3, 0.4) is 0 Å². The van der Waals surface area contributed by atoms with Crippen LogP contribution in [0, 0.1) is 0 Å². The van der Waals surface area contributed by atoms with E-state index in [2.05, 4.69) is 14.9 Å². The maximum atomic E-state index is 5.52. The van der Waals surface area contributed by atoms with Gasteiger partial charge in [0.15, 0.2) is 0 Å². The maximum absolute atomic E-state index is 5.52. The van der Waals surface area contributed by atoms with Gasteiger partial charge in [-0.25, -0.2) is 9.97 Å². The highest BCUT2D eigenvalue weighted by molar-refractivity contribution is 5.21. The molecule has 0 spiro atoms. The SMILES string of the molecule is NCCc1ncc2c(n1)CCN(C1CC1)C2. The van der Waals surface area contributed by atoms with Gasteiger partial charge >= 0.3 is 0 Å². The van der Waals surface area contributed by atoms with Crippen LogP contribution in [0.2, 0.25) is 0 Å². The lowest BCUT2D eigenvalue weighted by atomic mass is 10.1. The van der Waals surface area contributed by atoms with Gasteiger partial charge in [0.25, 0.3) is 0 Å². The quantitative estimate of drug-likeness (QED) is 0.802. The van der Waals surface area contributed by atoms with E-state index < -0.39 is 0 Å². The number of aromatic nitrogens is 2. The maximum Gasteiger partial charge on any atom is 0.129 e. The molecule has 1 fully saturated rings. The summed E-state index contributed by atoms with van der Waals surface area (Å²) in [5, 5.41) is 0. The fourth-order valence-electron chi connectivity index (χ4n) is 2.38. The van der Waals surface area contributed by atoms with Gasteiger partial charge in [0.1, 0.15) is 5.82 Å². The van der Waals surface area contributed by atoms with Gasteiger partial charge in [0.2, 0.25) is 0 Å². The monoisotopic (exact) mass is 218 g/mol. The summed E-state index contributed by atoms with van der Waals surface area (Å²) in [6.45, 7) is 2.84. The molecule has 16 heavy (non-hydrogen) atoms. The van der Waals surface area contributed by atoms with Crippen LogP contribution < -0.4 is 5.73 Å². The first-order chi connectivity index (χ1) is 7.86. The first-order valence-electron chi connectivity index (χ1n) is 6.14. The second-order valence-corrected chi connectivity index (χ2v) is 4.75. The van der Waals surface area contributed by atoms with Crippen molar-refractivity contribution in [2.45, 2.75) is 38.3 Å². The van der Waals surface area contributed by atoms with Crippen molar-refractivity contribution < 1.29 is 0 Å². The molecule has 1 aliphatic heterocycles. The smallest absolute Gasteiger partial charge is 0.129 e. The van der Waals surface area contributed by atoms with Gasteiger partial charge < -0.3 is 5.73 Å². The number of rotatable bonds is 3. The zero-order valence-electron chi connectivity index (χ0n) is 9.52. The Morgan fingerprint density at radius 2 is 2.31 bits per heavy atom. The van der Waals surface area contributed by atoms with Gasteiger partial charge in [-0.15, -0.1) is 0 Å². The van der Waals surface area contributed by atoms with Crippen LogP contribution >= 0.6 is 0 Å². The lowest BCUT2D eigenvalue weighted by Crippen LogP contribution is -2.33. The van der Waals surface area contributed by atoms with E-state index in [4.69, 9.17) is 5.73 Å². The Morgan fingerprint density at radius 3 is 3.06 bits per heavy atom. The van der Waals surface area contributed by atoms with Gasteiger partial charge in [-0.3, -0.25) is 4.90 Å². The molecule has 3 rings (SSSR count). The van der Waals surface area contributed by atoms with Gasteiger partial charge in [0.05, 0.1) is 0 Å². The summed E-state index contributed by atoms with van der Waals surface area (Å²) >= 11 is 0. The average Bonchev–Trinajstić information content (AvgIpc) is 3.13. The van der Waals surface area contributed by atoms with E-state index in [9.17, 15) is 0 Å². The predicted octanol–water partition coefficient (Wildman–Crippen LogP) is 0.498. The molecule has 2 aliphatic rings. The van der Waals surface area contributed by atoms with Crippen molar-refractivity contribution in [1.29, 1.82) is 0 Å². The minimum absolute atomic E-state index is 0.632. The Kier molecular flexibility index (Phi) is 2.61. The Labute approximate surface area is 95.9 Å². The first kappa shape index (κ1) is 10.2. The number of nitrogens with zero attached hydrogens (tertiary/aromatic N) is 3. The summed E-state index contributed by atoms with van der Waals surface area (Å²) in [5.41, 5.74) is 8.08. The zero-order chi connectivity index (χ0) is 11.0. The van der Waals surface area contributed by atoms with Crippen LogP contribution in [-0.2, 0) is 19.4 Å². The average molecular weight is 218 g/mol. The van der Waals surface area contributed by atoms with Crippen molar-refractivity contribution in [1.82, 2.24) is 14.9 Å². The fourth-order valence-corrected chi connectivity index (χ4v) is 2.38. The highest BCUT2D eigenvalue weighted by Crippen LogP contribution is 2.30.